The van der Waals surface area contributed by atoms with Crippen LogP contribution in [0.25, 0.3) is 0 Å². The summed E-state index contributed by atoms with van der Waals surface area (Å²) in [5.74, 6) is 4.34. The number of nitrogens with zero attached hydrogens (tertiary/aromatic N) is 5. The molecule has 1 aliphatic rings. The minimum Gasteiger partial charge on any atom is -0.481 e. The summed E-state index contributed by atoms with van der Waals surface area (Å²) in [6.07, 6.45) is -11.7. The number of rotatable bonds is 11. The second-order valence-corrected chi connectivity index (χ2v) is 11.5. The Hall–Kier alpha value is -3.96. The summed E-state index contributed by atoms with van der Waals surface area (Å²) in [5, 5.41) is 13.6. The van der Waals surface area contributed by atoms with E-state index in [-0.39, 0.29) is 42.2 Å². The molecule has 0 amide bonds. The zero-order valence-electron chi connectivity index (χ0n) is 31.6. The molecule has 304 valence electrons. The summed E-state index contributed by atoms with van der Waals surface area (Å²) in [6, 6.07) is 1.74. The van der Waals surface area contributed by atoms with Crippen molar-refractivity contribution in [2.24, 2.45) is 28.5 Å². The number of benzene rings is 1. The highest BCUT2D eigenvalue weighted by molar-refractivity contribution is 5.78. The van der Waals surface area contributed by atoms with Crippen molar-refractivity contribution < 1.29 is 49.4 Å². The Kier molecular flexibility index (Phi) is 20.6. The lowest BCUT2D eigenvalue weighted by Gasteiger charge is -2.34. The third kappa shape index (κ3) is 16.3. The molecule has 0 unspecified atom stereocenters. The second kappa shape index (κ2) is 22.3. The van der Waals surface area contributed by atoms with Gasteiger partial charge in [-0.05, 0) is 74.3 Å². The number of aromatic nitrogens is 1. The van der Waals surface area contributed by atoms with Crippen LogP contribution in [-0.2, 0) is 36.4 Å². The molecule has 0 saturated heterocycles. The number of hydrogen-bond acceptors (Lipinski definition) is 6. The van der Waals surface area contributed by atoms with Gasteiger partial charge in [0.1, 0.15) is 5.82 Å². The van der Waals surface area contributed by atoms with Crippen molar-refractivity contribution in [3.05, 3.63) is 58.3 Å². The third-order valence-electron chi connectivity index (χ3n) is 7.83. The Labute approximate surface area is 306 Å². The Morgan fingerprint density at radius 2 is 1.28 bits per heavy atom. The first-order chi connectivity index (χ1) is 24.7. The molecule has 1 aromatic heterocycles. The van der Waals surface area contributed by atoms with E-state index in [1.54, 1.807) is 11.8 Å². The Bertz CT molecular complexity index is 1380. The van der Waals surface area contributed by atoms with Gasteiger partial charge in [-0.25, -0.2) is 15.9 Å². The van der Waals surface area contributed by atoms with Crippen molar-refractivity contribution in [1.82, 2.24) is 15.0 Å². The van der Waals surface area contributed by atoms with E-state index < -0.39 is 65.8 Å². The molecule has 53 heavy (non-hydrogen) atoms. The van der Waals surface area contributed by atoms with Crippen LogP contribution < -0.4 is 16.5 Å². The summed E-state index contributed by atoms with van der Waals surface area (Å²) >= 11 is 0. The SMILES string of the molecule is CC.CC.CC.CCN(CC1CCC(CC(=O)O)CC1)c1ncc(C(F)(F)F)cc1CN(Cc1cc(C(F)(F)F)cc(C(F)(F)F)c1)/C(N)=N/N(C)N. The molecular weight excluding hydrogens is 721 g/mol. The highest BCUT2D eigenvalue weighted by atomic mass is 19.4. The van der Waals surface area contributed by atoms with Crippen LogP contribution in [0, 0.1) is 11.8 Å². The lowest BCUT2D eigenvalue weighted by atomic mass is 9.80. The number of hydrazone groups is 1. The Morgan fingerprint density at radius 1 is 0.811 bits per heavy atom. The highest BCUT2D eigenvalue weighted by Crippen LogP contribution is 2.38. The molecule has 3 rings (SSSR count). The molecule has 0 spiro atoms. The standard InChI is InChI=1S/C29H36F9N7O2.3C2H6/c1-3-44(14-18-6-4-17(5-7-18)10-24(46)47)25-20(11-23(13-41-25)29(36,37)38)16-45(26(39)42-43(2)40)15-19-8-21(27(30,31)32)12-22(9-19)28(33,34)35;3*1-2/h8-9,11-13,17-18H,3-7,10,14-16,40H2,1-2H3,(H2,39,42)(H,46,47);3*1-2H3. The van der Waals surface area contributed by atoms with E-state index in [1.165, 1.54) is 7.05 Å². The van der Waals surface area contributed by atoms with Gasteiger partial charge in [0.05, 0.1) is 16.7 Å². The molecular formula is C35H54F9N7O2. The molecule has 18 heteroatoms. The maximum Gasteiger partial charge on any atom is 0.417 e. The molecule has 0 bridgehead atoms. The molecule has 1 aromatic carbocycles. The molecule has 1 saturated carbocycles. The maximum atomic E-state index is 13.8. The van der Waals surface area contributed by atoms with Crippen LogP contribution in [0.5, 0.6) is 0 Å². The van der Waals surface area contributed by atoms with Crippen molar-refractivity contribution in [1.29, 1.82) is 0 Å². The number of anilines is 1. The zero-order valence-corrected chi connectivity index (χ0v) is 31.6. The van der Waals surface area contributed by atoms with Gasteiger partial charge >= 0.3 is 24.5 Å². The van der Waals surface area contributed by atoms with Crippen molar-refractivity contribution >= 4 is 17.7 Å². The minimum atomic E-state index is -5.13. The number of aliphatic carboxylic acids is 1. The predicted octanol–water partition coefficient (Wildman–Crippen LogP) is 9.36. The lowest BCUT2D eigenvalue weighted by Crippen LogP contribution is -2.40. The van der Waals surface area contributed by atoms with Crippen LogP contribution in [0.2, 0.25) is 0 Å². The Morgan fingerprint density at radius 3 is 1.70 bits per heavy atom. The summed E-state index contributed by atoms with van der Waals surface area (Å²) < 4.78 is 123. The van der Waals surface area contributed by atoms with Crippen LogP contribution in [0.1, 0.15) is 108 Å². The molecule has 1 fully saturated rings. The van der Waals surface area contributed by atoms with Gasteiger partial charge in [-0.15, -0.1) is 5.10 Å². The lowest BCUT2D eigenvalue weighted by molar-refractivity contribution is -0.143. The summed E-state index contributed by atoms with van der Waals surface area (Å²) in [4.78, 5) is 17.9. The van der Waals surface area contributed by atoms with Crippen LogP contribution in [-0.4, -0.2) is 52.2 Å². The predicted molar refractivity (Wildman–Crippen MR) is 188 cm³/mol. The van der Waals surface area contributed by atoms with Gasteiger partial charge in [-0.1, -0.05) is 41.5 Å². The highest BCUT2D eigenvalue weighted by Gasteiger charge is 2.37. The average Bonchev–Trinajstić information content (AvgIpc) is 3.08. The molecule has 5 N–H and O–H groups in total. The first-order valence-electron chi connectivity index (χ1n) is 17.6. The van der Waals surface area contributed by atoms with Gasteiger partial charge in [-0.2, -0.15) is 39.5 Å². The number of carboxylic acid groups (broad SMARTS) is 1. The number of nitrogens with two attached hydrogens (primary N) is 2. The number of guanidine groups is 1. The first-order valence-corrected chi connectivity index (χ1v) is 17.6. The number of hydrazine groups is 1. The average molecular weight is 776 g/mol. The molecule has 1 heterocycles. The first kappa shape index (κ1) is 49.0. The van der Waals surface area contributed by atoms with Gasteiger partial charge in [0, 0.05) is 51.4 Å². The zero-order chi connectivity index (χ0) is 41.3. The van der Waals surface area contributed by atoms with Crippen LogP contribution >= 0.6 is 0 Å². The van der Waals surface area contributed by atoms with E-state index in [1.807, 2.05) is 41.5 Å². The van der Waals surface area contributed by atoms with Crippen molar-refractivity contribution in [3.63, 3.8) is 0 Å². The molecule has 9 nitrogen and oxygen atoms in total. The van der Waals surface area contributed by atoms with Crippen molar-refractivity contribution in [3.8, 4) is 0 Å². The molecule has 1 aliphatic carbocycles. The van der Waals surface area contributed by atoms with Crippen LogP contribution in [0.15, 0.2) is 35.6 Å². The number of alkyl halides is 9. The Balaban J connectivity index is 0.00000428. The van der Waals surface area contributed by atoms with Crippen LogP contribution in [0.3, 0.4) is 0 Å². The maximum absolute atomic E-state index is 13.8. The molecule has 0 radical (unpaired) electrons. The smallest absolute Gasteiger partial charge is 0.417 e. The fourth-order valence-electron chi connectivity index (χ4n) is 5.58. The van der Waals surface area contributed by atoms with E-state index in [0.717, 1.165) is 16.1 Å². The van der Waals surface area contributed by atoms with E-state index in [2.05, 4.69) is 10.1 Å². The topological polar surface area (TPSA) is 124 Å². The second-order valence-electron chi connectivity index (χ2n) is 11.5. The van der Waals surface area contributed by atoms with Crippen molar-refractivity contribution in [2.45, 2.75) is 112 Å². The van der Waals surface area contributed by atoms with Gasteiger partial charge in [0.25, 0.3) is 0 Å². The van der Waals surface area contributed by atoms with Gasteiger partial charge in [0.2, 0.25) is 5.96 Å². The number of carboxylic acids is 1. The van der Waals surface area contributed by atoms with Gasteiger partial charge in [0.15, 0.2) is 0 Å². The number of carbonyl (C=O) groups is 1. The largest absolute Gasteiger partial charge is 0.481 e. The summed E-state index contributed by atoms with van der Waals surface area (Å²) in [6.45, 7) is 13.1. The summed E-state index contributed by atoms with van der Waals surface area (Å²) in [5.41, 5.74) is 1.21. The fraction of sp³-hybridized carbons (Fsp3) is 0.629. The quantitative estimate of drug-likeness (QED) is 0.0679. The van der Waals surface area contributed by atoms with Crippen molar-refractivity contribution in [2.75, 3.05) is 25.0 Å². The normalized spacial score (nSPS) is 16.2. The van der Waals surface area contributed by atoms with Gasteiger partial charge in [-0.3, -0.25) is 4.79 Å². The van der Waals surface area contributed by atoms with Gasteiger partial charge < -0.3 is 20.6 Å². The monoisotopic (exact) mass is 775 g/mol. The van der Waals surface area contributed by atoms with E-state index in [0.29, 0.717) is 50.6 Å². The van der Waals surface area contributed by atoms with E-state index in [9.17, 15) is 44.3 Å². The number of pyridine rings is 1. The van der Waals surface area contributed by atoms with E-state index >= 15 is 0 Å². The van der Waals surface area contributed by atoms with E-state index in [4.69, 9.17) is 16.7 Å². The number of hydrogen-bond donors (Lipinski definition) is 3. The fourth-order valence-corrected chi connectivity index (χ4v) is 5.58. The molecule has 0 atom stereocenters. The third-order valence-corrected chi connectivity index (χ3v) is 7.83. The number of halogens is 9. The minimum absolute atomic E-state index is 0.0174. The van der Waals surface area contributed by atoms with Crippen LogP contribution in [0.4, 0.5) is 45.3 Å². The molecule has 2 aromatic rings. The molecule has 0 aliphatic heterocycles. The summed E-state index contributed by atoms with van der Waals surface area (Å²) in [7, 11) is 1.23.